The van der Waals surface area contributed by atoms with Crippen LogP contribution in [-0.2, 0) is 19.1 Å². The van der Waals surface area contributed by atoms with Crippen molar-refractivity contribution in [2.24, 2.45) is 0 Å². The van der Waals surface area contributed by atoms with E-state index in [1.54, 1.807) is 0 Å². The summed E-state index contributed by atoms with van der Waals surface area (Å²) in [5.41, 5.74) is 0. The van der Waals surface area contributed by atoms with Crippen LogP contribution in [-0.4, -0.2) is 36.4 Å². The molecule has 0 aliphatic rings. The van der Waals surface area contributed by atoms with Gasteiger partial charge in [0.25, 0.3) is 0 Å². The van der Waals surface area contributed by atoms with Crippen LogP contribution in [0, 0.1) is 0 Å². The third kappa shape index (κ3) is 31.6. The summed E-state index contributed by atoms with van der Waals surface area (Å²) in [6.07, 6.45) is 36.9. The fourth-order valence-corrected chi connectivity index (χ4v) is 5.25. The molecule has 0 bridgehead atoms. The zero-order valence-electron chi connectivity index (χ0n) is 28.0. The van der Waals surface area contributed by atoms with Crippen LogP contribution in [0.25, 0.3) is 0 Å². The molecule has 5 nitrogen and oxygen atoms in total. The fraction of sp³-hybridized carbons (Fsp3) is 0.892. The number of hydrogen-bond acceptors (Lipinski definition) is 5. The van der Waals surface area contributed by atoms with Gasteiger partial charge in [0.2, 0.25) is 0 Å². The number of carbonyl (C=O) groups excluding carboxylic acids is 2. The second-order valence-corrected chi connectivity index (χ2v) is 12.3. The summed E-state index contributed by atoms with van der Waals surface area (Å²) in [4.78, 5) is 24.2. The zero-order valence-corrected chi connectivity index (χ0v) is 28.0. The Balaban J connectivity index is 3.54. The van der Waals surface area contributed by atoms with Gasteiger partial charge < -0.3 is 14.6 Å². The summed E-state index contributed by atoms with van der Waals surface area (Å²) < 4.78 is 10.6. The van der Waals surface area contributed by atoms with Crippen molar-refractivity contribution in [1.29, 1.82) is 0 Å². The van der Waals surface area contributed by atoms with Gasteiger partial charge in [-0.05, 0) is 38.5 Å². The maximum Gasteiger partial charge on any atom is 0.306 e. The molecule has 0 fully saturated rings. The van der Waals surface area contributed by atoms with E-state index in [2.05, 4.69) is 26.0 Å². The lowest BCUT2D eigenvalue weighted by Crippen LogP contribution is -2.28. The Labute approximate surface area is 261 Å². The van der Waals surface area contributed by atoms with E-state index >= 15 is 0 Å². The van der Waals surface area contributed by atoms with E-state index in [0.29, 0.717) is 12.8 Å². The van der Waals surface area contributed by atoms with E-state index in [-0.39, 0.29) is 25.2 Å². The quantitative estimate of drug-likeness (QED) is 0.0465. The lowest BCUT2D eigenvalue weighted by atomic mass is 10.0. The van der Waals surface area contributed by atoms with Crippen LogP contribution < -0.4 is 0 Å². The van der Waals surface area contributed by atoms with Gasteiger partial charge in [0.1, 0.15) is 6.61 Å². The van der Waals surface area contributed by atoms with Crippen molar-refractivity contribution in [3.8, 4) is 0 Å². The lowest BCUT2D eigenvalue weighted by molar-refractivity contribution is -0.161. The minimum atomic E-state index is -0.765. The normalized spacial score (nSPS) is 12.2. The highest BCUT2D eigenvalue weighted by Gasteiger charge is 2.16. The molecule has 0 aliphatic carbocycles. The number of rotatable bonds is 33. The molecule has 0 amide bonds. The molecule has 0 aromatic carbocycles. The summed E-state index contributed by atoms with van der Waals surface area (Å²) in [5, 5.41) is 9.52. The first-order valence-corrected chi connectivity index (χ1v) is 18.2. The predicted octanol–water partition coefficient (Wildman–Crippen LogP) is 11.0. The molecule has 0 rings (SSSR count). The van der Waals surface area contributed by atoms with Gasteiger partial charge in [0, 0.05) is 12.8 Å². The fourth-order valence-electron chi connectivity index (χ4n) is 5.25. The minimum absolute atomic E-state index is 0.0626. The van der Waals surface area contributed by atoms with Gasteiger partial charge in [-0.1, -0.05) is 154 Å². The molecule has 42 heavy (non-hydrogen) atoms. The highest BCUT2D eigenvalue weighted by molar-refractivity contribution is 5.70. The lowest BCUT2D eigenvalue weighted by Gasteiger charge is -2.15. The predicted molar refractivity (Wildman–Crippen MR) is 178 cm³/mol. The maximum absolute atomic E-state index is 12.1. The highest BCUT2D eigenvalue weighted by atomic mass is 16.6. The van der Waals surface area contributed by atoms with E-state index in [1.165, 1.54) is 128 Å². The third-order valence-corrected chi connectivity index (χ3v) is 8.06. The number of allylic oxidation sites excluding steroid dienone is 2. The van der Waals surface area contributed by atoms with Crippen LogP contribution in [0.3, 0.4) is 0 Å². The first kappa shape index (κ1) is 40.6. The van der Waals surface area contributed by atoms with Crippen molar-refractivity contribution in [3.05, 3.63) is 12.2 Å². The molecule has 5 heteroatoms. The SMILES string of the molecule is CCCCCC/C=C/CCCCCCCCCC(=O)OC[C@H](CO)OC(=O)CCCCCCCCCCCCCCC. The number of aliphatic hydroxyl groups is 1. The van der Waals surface area contributed by atoms with E-state index in [0.717, 1.165) is 38.5 Å². The van der Waals surface area contributed by atoms with E-state index < -0.39 is 6.10 Å². The number of hydrogen-bond donors (Lipinski definition) is 1. The molecule has 0 aliphatic heterocycles. The van der Waals surface area contributed by atoms with E-state index in [4.69, 9.17) is 9.47 Å². The summed E-state index contributed by atoms with van der Waals surface area (Å²) in [6, 6.07) is 0. The second kappa shape index (κ2) is 34.1. The highest BCUT2D eigenvalue weighted by Crippen LogP contribution is 2.14. The molecule has 1 N–H and O–H groups in total. The number of unbranched alkanes of at least 4 members (excludes halogenated alkanes) is 23. The first-order chi connectivity index (χ1) is 20.6. The number of carbonyl (C=O) groups is 2. The van der Waals surface area contributed by atoms with Crippen molar-refractivity contribution in [1.82, 2.24) is 0 Å². The molecule has 0 radical (unpaired) electrons. The summed E-state index contributed by atoms with van der Waals surface area (Å²) >= 11 is 0. The Morgan fingerprint density at radius 3 is 1.31 bits per heavy atom. The first-order valence-electron chi connectivity index (χ1n) is 18.2. The van der Waals surface area contributed by atoms with Crippen LogP contribution >= 0.6 is 0 Å². The molecule has 0 saturated heterocycles. The minimum Gasteiger partial charge on any atom is -0.462 e. The summed E-state index contributed by atoms with van der Waals surface area (Å²) in [7, 11) is 0. The molecule has 0 aromatic rings. The second-order valence-electron chi connectivity index (χ2n) is 12.3. The van der Waals surface area contributed by atoms with Crippen LogP contribution in [0.2, 0.25) is 0 Å². The van der Waals surface area contributed by atoms with Gasteiger partial charge in [-0.2, -0.15) is 0 Å². The zero-order chi connectivity index (χ0) is 30.8. The molecule has 0 spiro atoms. The van der Waals surface area contributed by atoms with Crippen molar-refractivity contribution in [2.45, 2.75) is 200 Å². The van der Waals surface area contributed by atoms with E-state index in [9.17, 15) is 14.7 Å². The molecule has 0 aromatic heterocycles. The molecular weight excluding hydrogens is 524 g/mol. The number of ether oxygens (including phenoxy) is 2. The Morgan fingerprint density at radius 2 is 0.881 bits per heavy atom. The van der Waals surface area contributed by atoms with Gasteiger partial charge in [-0.15, -0.1) is 0 Å². The molecule has 248 valence electrons. The molecule has 1 atom stereocenters. The third-order valence-electron chi connectivity index (χ3n) is 8.06. The largest absolute Gasteiger partial charge is 0.462 e. The smallest absolute Gasteiger partial charge is 0.306 e. The summed E-state index contributed by atoms with van der Waals surface area (Å²) in [6.45, 7) is 4.12. The number of esters is 2. The average Bonchev–Trinajstić information content (AvgIpc) is 2.99. The van der Waals surface area contributed by atoms with Crippen molar-refractivity contribution in [3.63, 3.8) is 0 Å². The molecule has 0 saturated carbocycles. The van der Waals surface area contributed by atoms with Crippen molar-refractivity contribution < 1.29 is 24.2 Å². The van der Waals surface area contributed by atoms with Crippen LogP contribution in [0.1, 0.15) is 194 Å². The van der Waals surface area contributed by atoms with Crippen LogP contribution in [0.15, 0.2) is 12.2 Å². The Bertz CT molecular complexity index is 603. The Kier molecular flexibility index (Phi) is 33.0. The van der Waals surface area contributed by atoms with Gasteiger partial charge in [0.15, 0.2) is 6.10 Å². The van der Waals surface area contributed by atoms with Crippen LogP contribution in [0.5, 0.6) is 0 Å². The van der Waals surface area contributed by atoms with Gasteiger partial charge >= 0.3 is 11.9 Å². The standard InChI is InChI=1S/C37H70O5/c1-3-5-7-9-11-13-15-17-18-20-21-23-25-27-29-31-36(39)41-34-35(33-38)42-37(40)32-30-28-26-24-22-19-16-14-12-10-8-6-4-2/h13,15,35,38H,3-12,14,16-34H2,1-2H3/b15-13+/t35-/m0/s1. The summed E-state index contributed by atoms with van der Waals surface area (Å²) in [5.74, 6) is -0.589. The average molecular weight is 595 g/mol. The number of aliphatic hydroxyl groups excluding tert-OH is 1. The van der Waals surface area contributed by atoms with Gasteiger partial charge in [-0.3, -0.25) is 9.59 Å². The van der Waals surface area contributed by atoms with E-state index in [1.807, 2.05) is 0 Å². The van der Waals surface area contributed by atoms with Gasteiger partial charge in [-0.25, -0.2) is 0 Å². The Hall–Kier alpha value is -1.36. The van der Waals surface area contributed by atoms with Crippen LogP contribution in [0.4, 0.5) is 0 Å². The van der Waals surface area contributed by atoms with Crippen molar-refractivity contribution in [2.75, 3.05) is 13.2 Å². The molecule has 0 unspecified atom stereocenters. The molecule has 0 heterocycles. The molecular formula is C37H70O5. The maximum atomic E-state index is 12.1. The van der Waals surface area contributed by atoms with Gasteiger partial charge in [0.05, 0.1) is 6.61 Å². The topological polar surface area (TPSA) is 72.8 Å². The monoisotopic (exact) mass is 595 g/mol. The van der Waals surface area contributed by atoms with Crippen molar-refractivity contribution >= 4 is 11.9 Å². The Morgan fingerprint density at radius 1 is 0.524 bits per heavy atom.